The Hall–Kier alpha value is -1.66. The number of Topliss-reactive ketones (excluding diaryl/α,β-unsaturated/α-hetero) is 1. The van der Waals surface area contributed by atoms with Crippen LogP contribution in [-0.2, 0) is 25.5 Å². The van der Waals surface area contributed by atoms with E-state index in [0.29, 0.717) is 6.42 Å². The molecule has 0 unspecified atom stereocenters. The van der Waals surface area contributed by atoms with Crippen molar-refractivity contribution < 1.29 is 24.2 Å². The second kappa shape index (κ2) is 10.6. The quantitative estimate of drug-likeness (QED) is 0.301. The Morgan fingerprint density at radius 3 is 2.20 bits per heavy atom. The lowest BCUT2D eigenvalue weighted by Crippen LogP contribution is -2.40. The molecule has 1 aromatic rings. The number of esters is 1. The molecule has 0 heterocycles. The normalized spacial score (nSPS) is 15.9. The molecule has 168 valence electrons. The second-order valence-electron chi connectivity index (χ2n) is 9.29. The molecule has 0 saturated heterocycles. The summed E-state index contributed by atoms with van der Waals surface area (Å²) in [4.78, 5) is 25.5. The first kappa shape index (κ1) is 26.4. The van der Waals surface area contributed by atoms with Crippen LogP contribution in [0.25, 0.3) is 0 Å². The van der Waals surface area contributed by atoms with E-state index in [4.69, 9.17) is 9.47 Å². The fraction of sp³-hybridized carbons (Fsp3) is 0.583. The van der Waals surface area contributed by atoms with Crippen LogP contribution in [0.2, 0.25) is 0 Å². The molecule has 0 amide bonds. The molecule has 0 aliphatic carbocycles. The number of hydrogen-bond donors (Lipinski definition) is 1. The number of rotatable bonds is 9. The van der Waals surface area contributed by atoms with E-state index >= 15 is 0 Å². The highest BCUT2D eigenvalue weighted by molar-refractivity contribution is 9.10. The van der Waals surface area contributed by atoms with Crippen LogP contribution in [0.5, 0.6) is 0 Å². The Bertz CT molecular complexity index is 776. The molecule has 3 atom stereocenters. The number of aliphatic hydroxyl groups excluding tert-OH is 1. The van der Waals surface area contributed by atoms with E-state index in [1.165, 1.54) is 13.2 Å². The molecular formula is C24H35BrO5. The number of halogens is 1. The summed E-state index contributed by atoms with van der Waals surface area (Å²) in [5.74, 6) is -1.35. The Morgan fingerprint density at radius 2 is 1.70 bits per heavy atom. The maximum Gasteiger partial charge on any atom is 0.334 e. The van der Waals surface area contributed by atoms with Crippen molar-refractivity contribution in [3.63, 3.8) is 0 Å². The lowest BCUT2D eigenvalue weighted by Gasteiger charge is -2.32. The smallest absolute Gasteiger partial charge is 0.334 e. The number of aliphatic hydroxyl groups is 1. The van der Waals surface area contributed by atoms with Crippen molar-refractivity contribution in [1.29, 1.82) is 0 Å². The van der Waals surface area contributed by atoms with Crippen LogP contribution in [0.1, 0.15) is 54.0 Å². The summed E-state index contributed by atoms with van der Waals surface area (Å²) in [6.07, 6.45) is 1.00. The molecule has 0 bridgehead atoms. The Labute approximate surface area is 189 Å². The van der Waals surface area contributed by atoms with Gasteiger partial charge in [-0.05, 0) is 58.6 Å². The molecule has 0 aliphatic rings. The number of allylic oxidation sites excluding steroid dienone is 1. The molecule has 0 fully saturated rings. The molecule has 6 heteroatoms. The molecule has 0 aromatic heterocycles. The zero-order chi connectivity index (χ0) is 23.3. The Balaban J connectivity index is 2.98. The van der Waals surface area contributed by atoms with Gasteiger partial charge in [-0.2, -0.15) is 0 Å². The third-order valence-electron chi connectivity index (χ3n) is 5.12. The van der Waals surface area contributed by atoms with Crippen LogP contribution in [0.15, 0.2) is 40.6 Å². The lowest BCUT2D eigenvalue weighted by molar-refractivity contribution is -0.148. The van der Waals surface area contributed by atoms with Crippen molar-refractivity contribution in [3.05, 3.63) is 46.1 Å². The van der Waals surface area contributed by atoms with Gasteiger partial charge in [0, 0.05) is 10.4 Å². The summed E-state index contributed by atoms with van der Waals surface area (Å²) in [5, 5.41) is 10.9. The first-order chi connectivity index (χ1) is 13.7. The molecule has 5 nitrogen and oxygen atoms in total. The van der Waals surface area contributed by atoms with Gasteiger partial charge in [-0.25, -0.2) is 4.79 Å². The van der Waals surface area contributed by atoms with Crippen molar-refractivity contribution in [2.75, 3.05) is 7.11 Å². The highest BCUT2D eigenvalue weighted by atomic mass is 79.9. The number of carbonyl (C=O) groups is 2. The van der Waals surface area contributed by atoms with Gasteiger partial charge in [0.05, 0.1) is 24.7 Å². The highest BCUT2D eigenvalue weighted by Crippen LogP contribution is 2.34. The molecule has 0 radical (unpaired) electrons. The maximum absolute atomic E-state index is 13.3. The summed E-state index contributed by atoms with van der Waals surface area (Å²) in [6.45, 7) is 12.3. The fourth-order valence-electron chi connectivity index (χ4n) is 3.40. The minimum Gasteiger partial charge on any atom is -0.500 e. The lowest BCUT2D eigenvalue weighted by atomic mass is 9.75. The van der Waals surface area contributed by atoms with Crippen molar-refractivity contribution in [2.45, 2.75) is 66.6 Å². The number of benzene rings is 1. The second-order valence-corrected chi connectivity index (χ2v) is 10.1. The van der Waals surface area contributed by atoms with Gasteiger partial charge < -0.3 is 14.6 Å². The Kier molecular flexibility index (Phi) is 9.30. The van der Waals surface area contributed by atoms with Gasteiger partial charge in [-0.3, -0.25) is 4.79 Å². The third kappa shape index (κ3) is 7.24. The van der Waals surface area contributed by atoms with E-state index in [1.807, 2.05) is 31.2 Å². The average molecular weight is 483 g/mol. The van der Waals surface area contributed by atoms with E-state index in [-0.39, 0.29) is 17.5 Å². The molecular weight excluding hydrogens is 448 g/mol. The number of ether oxygens (including phenoxy) is 2. The first-order valence-corrected chi connectivity index (χ1v) is 10.9. The molecule has 1 rings (SSSR count). The van der Waals surface area contributed by atoms with Crippen molar-refractivity contribution in [3.8, 4) is 0 Å². The van der Waals surface area contributed by atoms with Gasteiger partial charge in [0.15, 0.2) is 5.78 Å². The van der Waals surface area contributed by atoms with Crippen LogP contribution in [0.4, 0.5) is 0 Å². The highest BCUT2D eigenvalue weighted by Gasteiger charge is 2.40. The summed E-state index contributed by atoms with van der Waals surface area (Å²) < 4.78 is 11.7. The first-order valence-electron chi connectivity index (χ1n) is 10.2. The zero-order valence-corrected chi connectivity index (χ0v) is 20.9. The largest absolute Gasteiger partial charge is 0.500 e. The number of carbonyl (C=O) groups excluding carboxylic acids is 2. The average Bonchev–Trinajstić information content (AvgIpc) is 2.64. The fourth-order valence-corrected chi connectivity index (χ4v) is 3.85. The summed E-state index contributed by atoms with van der Waals surface area (Å²) in [6, 6.07) is 7.84. The van der Waals surface area contributed by atoms with Crippen molar-refractivity contribution in [1.82, 2.24) is 0 Å². The number of ketones is 1. The number of methoxy groups -OCH3 is 1. The SMILES string of the molecule is CO/C(=C\C(=O)OC(C)(C)C)C(C)(C)C(=O)[C@H](C)[C@@H](O)[C@@H](C)Cc1ccccc1Br. The van der Waals surface area contributed by atoms with Gasteiger partial charge in [-0.15, -0.1) is 0 Å². The van der Waals surface area contributed by atoms with Crippen LogP contribution < -0.4 is 0 Å². The summed E-state index contributed by atoms with van der Waals surface area (Å²) >= 11 is 3.53. The van der Waals surface area contributed by atoms with E-state index < -0.39 is 29.0 Å². The summed E-state index contributed by atoms with van der Waals surface area (Å²) in [5.41, 5.74) is -0.671. The van der Waals surface area contributed by atoms with Gasteiger partial charge in [0.2, 0.25) is 0 Å². The predicted octanol–water partition coefficient (Wildman–Crippen LogP) is 5.09. The minimum atomic E-state index is -1.10. The van der Waals surface area contributed by atoms with Gasteiger partial charge in [0.25, 0.3) is 0 Å². The molecule has 30 heavy (non-hydrogen) atoms. The molecule has 0 saturated carbocycles. The minimum absolute atomic E-state index is 0.140. The molecule has 0 aliphatic heterocycles. The van der Waals surface area contributed by atoms with Gasteiger partial charge >= 0.3 is 5.97 Å². The standard InChI is InChI=1S/C24H35BrO5/c1-15(13-17-11-9-10-12-18(17)25)21(27)16(2)22(28)24(6,7)19(29-8)14-20(26)30-23(3,4)5/h9-12,14-16,21,27H,13H2,1-8H3/b19-14-/t15-,16+,21-/m0/s1. The molecule has 1 N–H and O–H groups in total. The summed E-state index contributed by atoms with van der Waals surface area (Å²) in [7, 11) is 1.42. The van der Waals surface area contributed by atoms with Gasteiger partial charge in [-0.1, -0.05) is 48.0 Å². The van der Waals surface area contributed by atoms with Crippen molar-refractivity contribution in [2.24, 2.45) is 17.3 Å². The molecule has 1 aromatic carbocycles. The maximum atomic E-state index is 13.3. The topological polar surface area (TPSA) is 72.8 Å². The van der Waals surface area contributed by atoms with Gasteiger partial charge in [0.1, 0.15) is 11.4 Å². The van der Waals surface area contributed by atoms with Crippen LogP contribution >= 0.6 is 15.9 Å². The molecule has 0 spiro atoms. The Morgan fingerprint density at radius 1 is 1.13 bits per heavy atom. The number of hydrogen-bond acceptors (Lipinski definition) is 5. The van der Waals surface area contributed by atoms with Crippen LogP contribution in [-0.4, -0.2) is 35.7 Å². The van der Waals surface area contributed by atoms with E-state index in [9.17, 15) is 14.7 Å². The van der Waals surface area contributed by atoms with Crippen molar-refractivity contribution >= 4 is 27.7 Å². The third-order valence-corrected chi connectivity index (χ3v) is 5.89. The predicted molar refractivity (Wildman–Crippen MR) is 122 cm³/mol. The van der Waals surface area contributed by atoms with Crippen LogP contribution in [0.3, 0.4) is 0 Å². The van der Waals surface area contributed by atoms with Crippen LogP contribution in [0, 0.1) is 17.3 Å². The van der Waals surface area contributed by atoms with E-state index in [2.05, 4.69) is 15.9 Å². The monoisotopic (exact) mass is 482 g/mol. The van der Waals surface area contributed by atoms with E-state index in [1.54, 1.807) is 41.5 Å². The zero-order valence-electron chi connectivity index (χ0n) is 19.3. The van der Waals surface area contributed by atoms with E-state index in [0.717, 1.165) is 10.0 Å².